The average molecular weight is 297 g/mol. The first kappa shape index (κ1) is 14.4. The van der Waals surface area contributed by atoms with E-state index >= 15 is 0 Å². The second-order valence-corrected chi connectivity index (χ2v) is 5.67. The highest BCUT2D eigenvalue weighted by Gasteiger charge is 2.16. The third-order valence-electron chi connectivity index (χ3n) is 3.21. The second-order valence-electron chi connectivity index (χ2n) is 4.73. The molecule has 0 bridgehead atoms. The van der Waals surface area contributed by atoms with Gasteiger partial charge >= 0.3 is 0 Å². The summed E-state index contributed by atoms with van der Waals surface area (Å²) in [6.45, 7) is 4.05. The lowest BCUT2D eigenvalue weighted by molar-refractivity contribution is 0.607. The van der Waals surface area contributed by atoms with Gasteiger partial charge in [0.1, 0.15) is 5.82 Å². The minimum absolute atomic E-state index is 0.282. The van der Waals surface area contributed by atoms with Crippen molar-refractivity contribution in [3.8, 4) is 0 Å². The summed E-state index contributed by atoms with van der Waals surface area (Å²) in [6.07, 6.45) is 0.386. The van der Waals surface area contributed by atoms with E-state index in [1.165, 1.54) is 11.6 Å². The van der Waals surface area contributed by atoms with Gasteiger partial charge in [0.25, 0.3) is 0 Å². The van der Waals surface area contributed by atoms with Crippen molar-refractivity contribution >= 4 is 23.2 Å². The Kier molecular flexibility index (Phi) is 4.49. The molecular weight excluding hydrogens is 282 g/mol. The summed E-state index contributed by atoms with van der Waals surface area (Å²) in [6, 6.07) is 10.8. The molecule has 0 heterocycles. The average Bonchev–Trinajstić information content (AvgIpc) is 2.33. The molecule has 2 aromatic carbocycles. The SMILES string of the molecule is Cc1ccc(C(Cl)Cc2c(F)cccc2Cl)c(C)c1. The lowest BCUT2D eigenvalue weighted by Crippen LogP contribution is -2.01. The van der Waals surface area contributed by atoms with Gasteiger partial charge in [-0.15, -0.1) is 11.6 Å². The van der Waals surface area contributed by atoms with Crippen LogP contribution in [-0.4, -0.2) is 0 Å². The smallest absolute Gasteiger partial charge is 0.127 e. The molecule has 0 spiro atoms. The zero-order valence-corrected chi connectivity index (χ0v) is 12.4. The molecule has 0 nitrogen and oxygen atoms in total. The Bertz CT molecular complexity index is 573. The van der Waals surface area contributed by atoms with Crippen LogP contribution in [0.5, 0.6) is 0 Å². The molecule has 1 unspecified atom stereocenters. The van der Waals surface area contributed by atoms with E-state index in [2.05, 4.69) is 6.07 Å². The van der Waals surface area contributed by atoms with Crippen molar-refractivity contribution in [2.75, 3.05) is 0 Å². The van der Waals surface area contributed by atoms with Gasteiger partial charge < -0.3 is 0 Å². The van der Waals surface area contributed by atoms with Crippen molar-refractivity contribution in [1.82, 2.24) is 0 Å². The van der Waals surface area contributed by atoms with E-state index in [0.29, 0.717) is 17.0 Å². The van der Waals surface area contributed by atoms with E-state index in [1.54, 1.807) is 12.1 Å². The Hall–Kier alpha value is -1.05. The Morgan fingerprint density at radius 1 is 1.16 bits per heavy atom. The molecule has 0 saturated heterocycles. The lowest BCUT2D eigenvalue weighted by Gasteiger charge is -2.15. The highest BCUT2D eigenvalue weighted by molar-refractivity contribution is 6.31. The molecule has 0 aliphatic rings. The summed E-state index contributed by atoms with van der Waals surface area (Å²) >= 11 is 12.4. The first-order chi connectivity index (χ1) is 8.99. The van der Waals surface area contributed by atoms with Crippen molar-refractivity contribution in [3.63, 3.8) is 0 Å². The van der Waals surface area contributed by atoms with E-state index < -0.39 is 0 Å². The van der Waals surface area contributed by atoms with Crippen LogP contribution in [0.25, 0.3) is 0 Å². The highest BCUT2D eigenvalue weighted by atomic mass is 35.5. The molecule has 0 amide bonds. The van der Waals surface area contributed by atoms with Gasteiger partial charge in [-0.3, -0.25) is 0 Å². The quantitative estimate of drug-likeness (QED) is 0.645. The fourth-order valence-corrected chi connectivity index (χ4v) is 2.83. The summed E-state index contributed by atoms with van der Waals surface area (Å²) in [5, 5.41) is 0.144. The predicted molar refractivity (Wildman–Crippen MR) is 79.6 cm³/mol. The first-order valence-corrected chi connectivity index (χ1v) is 6.94. The lowest BCUT2D eigenvalue weighted by atomic mass is 9.98. The Balaban J connectivity index is 2.28. The summed E-state index contributed by atoms with van der Waals surface area (Å²) < 4.78 is 13.7. The van der Waals surface area contributed by atoms with Crippen LogP contribution < -0.4 is 0 Å². The maximum Gasteiger partial charge on any atom is 0.127 e. The Morgan fingerprint density at radius 2 is 1.89 bits per heavy atom. The first-order valence-electron chi connectivity index (χ1n) is 6.13. The van der Waals surface area contributed by atoms with E-state index in [0.717, 1.165) is 11.1 Å². The number of hydrogen-bond acceptors (Lipinski definition) is 0. The summed E-state index contributed by atoms with van der Waals surface area (Å²) in [5.41, 5.74) is 3.80. The van der Waals surface area contributed by atoms with E-state index in [9.17, 15) is 4.39 Å². The van der Waals surface area contributed by atoms with Crippen molar-refractivity contribution in [1.29, 1.82) is 0 Å². The molecule has 0 radical (unpaired) electrons. The molecule has 2 rings (SSSR count). The van der Waals surface area contributed by atoms with Gasteiger partial charge in [-0.2, -0.15) is 0 Å². The normalized spacial score (nSPS) is 12.5. The maximum absolute atomic E-state index is 13.7. The number of alkyl halides is 1. The third kappa shape index (κ3) is 3.29. The fraction of sp³-hybridized carbons (Fsp3) is 0.250. The third-order valence-corrected chi connectivity index (χ3v) is 3.95. The number of rotatable bonds is 3. The van der Waals surface area contributed by atoms with Gasteiger partial charge in [0, 0.05) is 10.6 Å². The van der Waals surface area contributed by atoms with Crippen LogP contribution in [0.2, 0.25) is 5.02 Å². The van der Waals surface area contributed by atoms with Crippen molar-refractivity contribution < 1.29 is 4.39 Å². The van der Waals surface area contributed by atoms with Gasteiger partial charge in [0.05, 0.1) is 5.38 Å². The van der Waals surface area contributed by atoms with Crippen LogP contribution in [0.1, 0.15) is 27.6 Å². The molecule has 100 valence electrons. The molecule has 0 saturated carbocycles. The molecule has 0 aromatic heterocycles. The van der Waals surface area contributed by atoms with Crippen LogP contribution in [0, 0.1) is 19.7 Å². The van der Waals surface area contributed by atoms with E-state index in [-0.39, 0.29) is 11.2 Å². The van der Waals surface area contributed by atoms with E-state index in [4.69, 9.17) is 23.2 Å². The Morgan fingerprint density at radius 3 is 2.53 bits per heavy atom. The van der Waals surface area contributed by atoms with Crippen LogP contribution in [0.4, 0.5) is 4.39 Å². The predicted octanol–water partition coefficient (Wildman–Crippen LogP) is 5.62. The van der Waals surface area contributed by atoms with Crippen LogP contribution >= 0.6 is 23.2 Å². The van der Waals surface area contributed by atoms with Gasteiger partial charge in [-0.1, -0.05) is 41.4 Å². The van der Waals surface area contributed by atoms with Crippen molar-refractivity contribution in [3.05, 3.63) is 69.5 Å². The minimum atomic E-state index is -0.303. The van der Waals surface area contributed by atoms with Crippen molar-refractivity contribution in [2.45, 2.75) is 25.6 Å². The Labute approximate surface area is 123 Å². The summed E-state index contributed by atoms with van der Waals surface area (Å²) in [7, 11) is 0. The molecule has 0 aliphatic carbocycles. The molecule has 0 fully saturated rings. The molecule has 0 aliphatic heterocycles. The topological polar surface area (TPSA) is 0 Å². The van der Waals surface area contributed by atoms with Crippen LogP contribution in [-0.2, 0) is 6.42 Å². The number of halogens is 3. The van der Waals surface area contributed by atoms with Gasteiger partial charge in [0.15, 0.2) is 0 Å². The number of aryl methyl sites for hydroxylation is 2. The molecule has 3 heteroatoms. The molecule has 2 aromatic rings. The maximum atomic E-state index is 13.7. The zero-order chi connectivity index (χ0) is 14.0. The van der Waals surface area contributed by atoms with Crippen LogP contribution in [0.15, 0.2) is 36.4 Å². The molecule has 0 N–H and O–H groups in total. The minimum Gasteiger partial charge on any atom is -0.207 e. The molecule has 19 heavy (non-hydrogen) atoms. The van der Waals surface area contributed by atoms with E-state index in [1.807, 2.05) is 26.0 Å². The highest BCUT2D eigenvalue weighted by Crippen LogP contribution is 2.31. The summed E-state index contributed by atoms with van der Waals surface area (Å²) in [4.78, 5) is 0. The van der Waals surface area contributed by atoms with Gasteiger partial charge in [-0.25, -0.2) is 4.39 Å². The zero-order valence-electron chi connectivity index (χ0n) is 10.9. The standard InChI is InChI=1S/C16H15Cl2F/c1-10-6-7-12(11(2)8-10)15(18)9-13-14(17)4-3-5-16(13)19/h3-8,15H,9H2,1-2H3. The van der Waals surface area contributed by atoms with Gasteiger partial charge in [0.2, 0.25) is 0 Å². The number of hydrogen-bond donors (Lipinski definition) is 0. The van der Waals surface area contributed by atoms with Crippen molar-refractivity contribution in [2.24, 2.45) is 0 Å². The second kappa shape index (κ2) is 5.94. The summed E-state index contributed by atoms with van der Waals surface area (Å²) in [5.74, 6) is -0.303. The number of benzene rings is 2. The van der Waals surface area contributed by atoms with Gasteiger partial charge in [-0.05, 0) is 43.5 Å². The molecule has 1 atom stereocenters. The largest absolute Gasteiger partial charge is 0.207 e. The van der Waals surface area contributed by atoms with Crippen LogP contribution in [0.3, 0.4) is 0 Å². The molecular formula is C16H15Cl2F. The fourth-order valence-electron chi connectivity index (χ4n) is 2.19. The monoisotopic (exact) mass is 296 g/mol.